The highest BCUT2D eigenvalue weighted by Crippen LogP contribution is 2.49. The second-order valence-corrected chi connectivity index (χ2v) is 7.39. The van der Waals surface area contributed by atoms with Crippen LogP contribution in [-0.2, 0) is 0 Å². The van der Waals surface area contributed by atoms with Crippen LogP contribution in [0.2, 0.25) is 0 Å². The maximum absolute atomic E-state index is 5.55. The van der Waals surface area contributed by atoms with Crippen molar-refractivity contribution < 1.29 is 3.79 Å². The second kappa shape index (κ2) is 7.20. The summed E-state index contributed by atoms with van der Waals surface area (Å²) in [4.78, 5) is 5.15. The molecule has 0 bridgehead atoms. The van der Waals surface area contributed by atoms with Crippen LogP contribution >= 0.6 is 0 Å². The lowest BCUT2D eigenvalue weighted by molar-refractivity contribution is 0.611. The molecule has 1 heterocycles. The molecule has 0 amide bonds. The number of hydrogen-bond acceptors (Lipinski definition) is 2. The number of hydrogen-bond donors (Lipinski definition) is 0. The van der Waals surface area contributed by atoms with Gasteiger partial charge in [0.05, 0.1) is 17.2 Å². The molecule has 3 heteroatoms. The molecule has 0 fully saturated rings. The summed E-state index contributed by atoms with van der Waals surface area (Å²) in [5.74, 6) is 0.816. The Kier molecular flexibility index (Phi) is 4.74. The van der Waals surface area contributed by atoms with E-state index in [9.17, 15) is 0 Å². The summed E-state index contributed by atoms with van der Waals surface area (Å²) in [5.41, 5.74) is 6.39. The van der Waals surface area contributed by atoms with Crippen LogP contribution in [0.15, 0.2) is 89.9 Å². The number of nitrogens with zero attached hydrogens (tertiary/aromatic N) is 1. The topological polar surface area (TPSA) is 21.6 Å². The van der Waals surface area contributed by atoms with Gasteiger partial charge in [-0.05, 0) is 23.3 Å². The molecule has 3 aromatic carbocycles. The monoisotopic (exact) mass is 365 g/mol. The molecular formula is C24H20AlNO. The van der Waals surface area contributed by atoms with E-state index in [1.165, 1.54) is 11.1 Å². The van der Waals surface area contributed by atoms with Crippen LogP contribution in [0.3, 0.4) is 0 Å². The van der Waals surface area contributed by atoms with Gasteiger partial charge < -0.3 is 3.79 Å². The van der Waals surface area contributed by atoms with Crippen LogP contribution in [0.1, 0.15) is 30.5 Å². The lowest BCUT2D eigenvalue weighted by atomic mass is 9.75. The van der Waals surface area contributed by atoms with Crippen LogP contribution in [-0.4, -0.2) is 22.3 Å². The molecule has 0 saturated carbocycles. The van der Waals surface area contributed by atoms with Crippen molar-refractivity contribution in [3.05, 3.63) is 102 Å². The van der Waals surface area contributed by atoms with E-state index in [1.807, 2.05) is 30.3 Å². The quantitative estimate of drug-likeness (QED) is 0.556. The molecule has 1 aliphatic heterocycles. The Morgan fingerprint density at radius 3 is 1.93 bits per heavy atom. The minimum Gasteiger partial charge on any atom is -0.653 e. The Morgan fingerprint density at radius 1 is 0.741 bits per heavy atom. The van der Waals surface area contributed by atoms with Gasteiger partial charge in [-0.15, -0.1) is 0 Å². The Morgan fingerprint density at radius 2 is 1.30 bits per heavy atom. The van der Waals surface area contributed by atoms with E-state index in [0.717, 1.165) is 28.3 Å². The second-order valence-electron chi connectivity index (χ2n) is 7.16. The van der Waals surface area contributed by atoms with Gasteiger partial charge in [-0.2, -0.15) is 0 Å². The summed E-state index contributed by atoms with van der Waals surface area (Å²) in [7, 11) is 0. The number of aliphatic imine (C=N–C) groups is 1. The van der Waals surface area contributed by atoms with Crippen molar-refractivity contribution in [2.45, 2.75) is 13.8 Å². The Labute approximate surface area is 169 Å². The first-order valence-electron chi connectivity index (χ1n) is 9.04. The van der Waals surface area contributed by atoms with Crippen LogP contribution in [0, 0.1) is 5.41 Å². The van der Waals surface area contributed by atoms with E-state index in [2.05, 4.69) is 85.1 Å². The zero-order valence-electron chi connectivity index (χ0n) is 15.5. The number of benzene rings is 3. The average Bonchev–Trinajstić information content (AvgIpc) is 3.00. The van der Waals surface area contributed by atoms with E-state index < -0.39 is 0 Å². The summed E-state index contributed by atoms with van der Waals surface area (Å²) in [5, 5.41) is 0. The maximum Gasteiger partial charge on any atom is 0.482 e. The highest BCUT2D eigenvalue weighted by atomic mass is 27.1. The number of para-hydroxylation sites is 1. The predicted molar refractivity (Wildman–Crippen MR) is 113 cm³/mol. The van der Waals surface area contributed by atoms with E-state index in [1.54, 1.807) is 0 Å². The minimum atomic E-state index is -0.258. The van der Waals surface area contributed by atoms with Gasteiger partial charge in [0.15, 0.2) is 0 Å². The highest BCUT2D eigenvalue weighted by molar-refractivity contribution is 6.22. The molecule has 130 valence electrons. The van der Waals surface area contributed by atoms with Gasteiger partial charge in [-0.1, -0.05) is 86.6 Å². The molecule has 0 unspecified atom stereocenters. The Hall–Kier alpha value is -2.60. The average molecular weight is 365 g/mol. The first-order valence-corrected chi connectivity index (χ1v) is 9.51. The Bertz CT molecular complexity index is 1020. The molecule has 27 heavy (non-hydrogen) atoms. The van der Waals surface area contributed by atoms with Crippen LogP contribution in [0.25, 0.3) is 11.3 Å². The third kappa shape index (κ3) is 3.14. The van der Waals surface area contributed by atoms with Crippen LogP contribution < -0.4 is 3.79 Å². The SMILES string of the molecule is CC1(C)C(c2ccccc2[O][Al])=NC(c2ccccc2)=C1c1ccccc1. The molecule has 3 aromatic rings. The fourth-order valence-electron chi connectivity index (χ4n) is 3.79. The van der Waals surface area contributed by atoms with Gasteiger partial charge in [-0.3, -0.25) is 4.99 Å². The van der Waals surface area contributed by atoms with Crippen LogP contribution in [0.5, 0.6) is 5.75 Å². The molecule has 0 aromatic heterocycles. The molecule has 1 aliphatic rings. The highest BCUT2D eigenvalue weighted by Gasteiger charge is 2.39. The summed E-state index contributed by atoms with van der Waals surface area (Å²) in [6.07, 6.45) is 0. The van der Waals surface area contributed by atoms with Gasteiger partial charge in [-0.25, -0.2) is 0 Å². The van der Waals surface area contributed by atoms with Gasteiger partial charge in [0.25, 0.3) is 0 Å². The molecule has 2 radical (unpaired) electrons. The zero-order valence-corrected chi connectivity index (χ0v) is 16.7. The van der Waals surface area contributed by atoms with E-state index in [-0.39, 0.29) is 5.41 Å². The maximum atomic E-state index is 5.55. The van der Waals surface area contributed by atoms with Gasteiger partial charge >= 0.3 is 16.6 Å². The summed E-state index contributed by atoms with van der Waals surface area (Å²) in [6.45, 7) is 4.48. The smallest absolute Gasteiger partial charge is 0.482 e. The van der Waals surface area contributed by atoms with Crippen molar-refractivity contribution in [3.63, 3.8) is 0 Å². The number of allylic oxidation sites excluding steroid dienone is 1. The first kappa shape index (κ1) is 17.8. The lowest BCUT2D eigenvalue weighted by Crippen LogP contribution is -2.24. The number of rotatable bonds is 4. The Balaban J connectivity index is 1.96. The van der Waals surface area contributed by atoms with E-state index in [0.29, 0.717) is 0 Å². The molecule has 0 aliphatic carbocycles. The van der Waals surface area contributed by atoms with E-state index >= 15 is 0 Å². The van der Waals surface area contributed by atoms with Crippen molar-refractivity contribution in [1.82, 2.24) is 0 Å². The van der Waals surface area contributed by atoms with Crippen molar-refractivity contribution in [2.24, 2.45) is 10.4 Å². The largest absolute Gasteiger partial charge is 0.653 e. The minimum absolute atomic E-state index is 0.258. The van der Waals surface area contributed by atoms with E-state index in [4.69, 9.17) is 8.78 Å². The fraction of sp³-hybridized carbons (Fsp3) is 0.125. The van der Waals surface area contributed by atoms with Gasteiger partial charge in [0.1, 0.15) is 0 Å². The molecule has 0 saturated heterocycles. The third-order valence-corrected chi connectivity index (χ3v) is 5.31. The normalized spacial score (nSPS) is 15.6. The summed E-state index contributed by atoms with van der Waals surface area (Å²) in [6, 6.07) is 29.0. The van der Waals surface area contributed by atoms with Crippen molar-refractivity contribution in [1.29, 1.82) is 0 Å². The molecule has 0 N–H and O–H groups in total. The van der Waals surface area contributed by atoms with Crippen LogP contribution in [0.4, 0.5) is 0 Å². The summed E-state index contributed by atoms with van der Waals surface area (Å²) >= 11 is 2.35. The van der Waals surface area contributed by atoms with Crippen molar-refractivity contribution in [3.8, 4) is 5.75 Å². The molecule has 4 rings (SSSR count). The van der Waals surface area contributed by atoms with Crippen molar-refractivity contribution >= 4 is 33.6 Å². The van der Waals surface area contributed by atoms with Crippen molar-refractivity contribution in [2.75, 3.05) is 0 Å². The first-order chi connectivity index (χ1) is 13.1. The van der Waals surface area contributed by atoms with Gasteiger partial charge in [0.2, 0.25) is 0 Å². The summed E-state index contributed by atoms with van der Waals surface area (Å²) < 4.78 is 5.55. The predicted octanol–water partition coefficient (Wildman–Crippen LogP) is 5.55. The molecular weight excluding hydrogens is 345 g/mol. The molecule has 0 atom stereocenters. The zero-order chi connectivity index (χ0) is 18.9. The molecule has 2 nitrogen and oxygen atoms in total. The third-order valence-electron chi connectivity index (χ3n) is 5.06. The fourth-order valence-corrected chi connectivity index (χ4v) is 4.00. The molecule has 0 spiro atoms. The van der Waals surface area contributed by atoms with Gasteiger partial charge in [0, 0.05) is 16.5 Å². The standard InChI is InChI=1S/C24H21NO.Al/c1-24(2)21(17-11-5-3-6-12-17)22(18-13-7-4-8-14-18)25-23(24)19-15-9-10-16-20(19)26;/h3-16,26H,1-2H3;/q;+1/p-1. The lowest BCUT2D eigenvalue weighted by Gasteiger charge is -2.27.